The first-order chi connectivity index (χ1) is 9.39. The predicted molar refractivity (Wildman–Crippen MR) is 66.5 cm³/mol. The Morgan fingerprint density at radius 3 is 1.75 bits per heavy atom. The lowest BCUT2D eigenvalue weighted by molar-refractivity contribution is -0.158. The topological polar surface area (TPSA) is 71.1 Å². The van der Waals surface area contributed by atoms with E-state index in [1.54, 1.807) is 0 Å². The molecular formula is C14H18O6. The first kappa shape index (κ1) is 13.6. The van der Waals surface area contributed by atoms with Crippen LogP contribution in [0.25, 0.3) is 0 Å². The van der Waals surface area contributed by atoms with Gasteiger partial charge in [-0.05, 0) is 20.3 Å². The fourth-order valence-corrected chi connectivity index (χ4v) is 3.69. The number of methoxy groups -OCH3 is 2. The summed E-state index contributed by atoms with van der Waals surface area (Å²) in [6.45, 7) is 3.67. The van der Waals surface area contributed by atoms with Crippen LogP contribution in [0.5, 0.6) is 0 Å². The maximum atomic E-state index is 12.0. The molecule has 2 aliphatic carbocycles. The Balaban J connectivity index is 2.02. The van der Waals surface area contributed by atoms with Gasteiger partial charge in [-0.3, -0.25) is 0 Å². The molecule has 3 rings (SSSR count). The predicted octanol–water partition coefficient (Wildman–Crippen LogP) is 0.799. The van der Waals surface area contributed by atoms with Crippen LogP contribution in [0, 0.1) is 11.8 Å². The van der Waals surface area contributed by atoms with Crippen LogP contribution in [-0.4, -0.2) is 44.2 Å². The Labute approximate surface area is 117 Å². The van der Waals surface area contributed by atoms with Gasteiger partial charge in [0, 0.05) is 11.8 Å². The van der Waals surface area contributed by atoms with E-state index in [9.17, 15) is 9.59 Å². The molecule has 0 spiro atoms. The molecule has 1 saturated carbocycles. The van der Waals surface area contributed by atoms with Gasteiger partial charge in [0.2, 0.25) is 0 Å². The fraction of sp³-hybridized carbons (Fsp3) is 0.714. The van der Waals surface area contributed by atoms with E-state index in [2.05, 4.69) is 0 Å². The maximum absolute atomic E-state index is 12.0. The minimum atomic E-state index is -0.695. The van der Waals surface area contributed by atoms with Crippen molar-refractivity contribution in [2.45, 2.75) is 38.3 Å². The van der Waals surface area contributed by atoms with E-state index in [1.807, 2.05) is 13.8 Å². The van der Waals surface area contributed by atoms with E-state index < -0.39 is 17.7 Å². The highest BCUT2D eigenvalue weighted by Crippen LogP contribution is 2.56. The van der Waals surface area contributed by atoms with Crippen LogP contribution in [-0.2, 0) is 28.5 Å². The molecule has 6 nitrogen and oxygen atoms in total. The van der Waals surface area contributed by atoms with Gasteiger partial charge < -0.3 is 18.9 Å². The van der Waals surface area contributed by atoms with Crippen LogP contribution < -0.4 is 0 Å². The van der Waals surface area contributed by atoms with Crippen molar-refractivity contribution in [2.75, 3.05) is 14.2 Å². The molecule has 6 heteroatoms. The number of hydrogen-bond acceptors (Lipinski definition) is 6. The minimum absolute atomic E-state index is 0.159. The third-order valence-corrected chi connectivity index (χ3v) is 4.31. The molecule has 2 bridgehead atoms. The summed E-state index contributed by atoms with van der Waals surface area (Å²) in [5.74, 6) is -1.98. The molecule has 4 atom stereocenters. The Kier molecular flexibility index (Phi) is 2.92. The minimum Gasteiger partial charge on any atom is -0.466 e. The van der Waals surface area contributed by atoms with Gasteiger partial charge in [-0.2, -0.15) is 0 Å². The summed E-state index contributed by atoms with van der Waals surface area (Å²) in [5.41, 5.74) is 0.791. The Hall–Kier alpha value is -1.40. The molecule has 3 aliphatic rings. The van der Waals surface area contributed by atoms with Gasteiger partial charge in [0.15, 0.2) is 5.79 Å². The van der Waals surface area contributed by atoms with Crippen molar-refractivity contribution in [3.8, 4) is 0 Å². The van der Waals surface area contributed by atoms with E-state index in [0.717, 1.165) is 0 Å². The second-order valence-electron chi connectivity index (χ2n) is 5.82. The Bertz CT molecular complexity index is 464. The lowest BCUT2D eigenvalue weighted by Gasteiger charge is -2.24. The highest BCUT2D eigenvalue weighted by atomic mass is 16.8. The van der Waals surface area contributed by atoms with Gasteiger partial charge in [-0.1, -0.05) is 0 Å². The van der Waals surface area contributed by atoms with Crippen LogP contribution in [0.15, 0.2) is 11.1 Å². The molecular weight excluding hydrogens is 264 g/mol. The van der Waals surface area contributed by atoms with Crippen LogP contribution in [0.4, 0.5) is 0 Å². The molecule has 2 fully saturated rings. The number of carbonyl (C=O) groups excluding carboxylic acids is 2. The molecule has 0 aromatic carbocycles. The monoisotopic (exact) mass is 282 g/mol. The molecule has 2 unspecified atom stereocenters. The number of fused-ring (bicyclic) bond motifs is 5. The fourth-order valence-electron chi connectivity index (χ4n) is 3.69. The van der Waals surface area contributed by atoms with E-state index in [4.69, 9.17) is 18.9 Å². The Morgan fingerprint density at radius 1 is 1.00 bits per heavy atom. The molecule has 0 N–H and O–H groups in total. The van der Waals surface area contributed by atoms with Crippen molar-refractivity contribution >= 4 is 11.9 Å². The van der Waals surface area contributed by atoms with Gasteiger partial charge >= 0.3 is 11.9 Å². The van der Waals surface area contributed by atoms with Crippen LogP contribution in [0.3, 0.4) is 0 Å². The summed E-state index contributed by atoms with van der Waals surface area (Å²) in [7, 11) is 2.62. The zero-order valence-corrected chi connectivity index (χ0v) is 12.0. The van der Waals surface area contributed by atoms with Gasteiger partial charge in [0.25, 0.3) is 0 Å². The number of esters is 2. The van der Waals surface area contributed by atoms with E-state index in [1.165, 1.54) is 14.2 Å². The van der Waals surface area contributed by atoms with Gasteiger partial charge in [-0.15, -0.1) is 0 Å². The van der Waals surface area contributed by atoms with Gasteiger partial charge in [-0.25, -0.2) is 9.59 Å². The van der Waals surface area contributed by atoms with Crippen molar-refractivity contribution in [1.29, 1.82) is 0 Å². The second kappa shape index (κ2) is 4.30. The number of carbonyl (C=O) groups is 2. The first-order valence-corrected chi connectivity index (χ1v) is 6.66. The highest BCUT2D eigenvalue weighted by Gasteiger charge is 2.62. The summed E-state index contributed by atoms with van der Waals surface area (Å²) >= 11 is 0. The van der Waals surface area contributed by atoms with E-state index in [0.29, 0.717) is 17.6 Å². The normalized spacial score (nSPS) is 37.0. The van der Waals surface area contributed by atoms with Crippen LogP contribution in [0.1, 0.15) is 20.3 Å². The van der Waals surface area contributed by atoms with Gasteiger partial charge in [0.05, 0.1) is 37.6 Å². The summed E-state index contributed by atoms with van der Waals surface area (Å²) in [6.07, 6.45) is 0.273. The average Bonchev–Trinajstić information content (AvgIpc) is 3.02. The van der Waals surface area contributed by atoms with Crippen molar-refractivity contribution < 1.29 is 28.5 Å². The van der Waals surface area contributed by atoms with Crippen molar-refractivity contribution in [1.82, 2.24) is 0 Å². The van der Waals surface area contributed by atoms with Crippen molar-refractivity contribution in [2.24, 2.45) is 11.8 Å². The molecule has 110 valence electrons. The molecule has 20 heavy (non-hydrogen) atoms. The number of rotatable bonds is 2. The molecule has 0 aromatic heterocycles. The van der Waals surface area contributed by atoms with Crippen molar-refractivity contribution in [3.63, 3.8) is 0 Å². The smallest absolute Gasteiger partial charge is 0.334 e. The largest absolute Gasteiger partial charge is 0.466 e. The zero-order valence-electron chi connectivity index (χ0n) is 12.0. The lowest BCUT2D eigenvalue weighted by Crippen LogP contribution is -2.36. The standard InChI is InChI=1S/C14H18O6/c1-14(2)19-10-6-5-7(11(10)20-14)9(13(16)18-4)8(6)12(15)17-3/h6-7,10-11H,5H2,1-4H3/t6?,7?,10-,11+. The molecule has 1 heterocycles. The Morgan fingerprint density at radius 2 is 1.40 bits per heavy atom. The molecule has 1 saturated heterocycles. The number of ether oxygens (including phenoxy) is 4. The van der Waals surface area contributed by atoms with E-state index in [-0.39, 0.29) is 24.0 Å². The zero-order chi connectivity index (χ0) is 14.7. The molecule has 0 aromatic rings. The lowest BCUT2D eigenvalue weighted by atomic mass is 9.87. The summed E-state index contributed by atoms with van der Waals surface area (Å²) in [6, 6.07) is 0. The number of hydrogen-bond donors (Lipinski definition) is 0. The van der Waals surface area contributed by atoms with E-state index >= 15 is 0 Å². The summed E-state index contributed by atoms with van der Waals surface area (Å²) < 4.78 is 21.4. The summed E-state index contributed by atoms with van der Waals surface area (Å²) in [4.78, 5) is 24.0. The third-order valence-electron chi connectivity index (χ3n) is 4.31. The van der Waals surface area contributed by atoms with Gasteiger partial charge in [0.1, 0.15) is 0 Å². The average molecular weight is 282 g/mol. The second-order valence-corrected chi connectivity index (χ2v) is 5.82. The maximum Gasteiger partial charge on any atom is 0.334 e. The molecule has 0 amide bonds. The molecule has 0 radical (unpaired) electrons. The van der Waals surface area contributed by atoms with Crippen molar-refractivity contribution in [3.05, 3.63) is 11.1 Å². The first-order valence-electron chi connectivity index (χ1n) is 6.66. The quantitative estimate of drug-likeness (QED) is 0.698. The summed E-state index contributed by atoms with van der Waals surface area (Å²) in [5, 5.41) is 0. The van der Waals surface area contributed by atoms with Crippen LogP contribution in [0.2, 0.25) is 0 Å². The SMILES string of the molecule is COC(=O)C1=C(C(=O)OC)C2CC1[C@H]1OC(C)(C)O[C@@H]21. The third kappa shape index (κ3) is 1.71. The van der Waals surface area contributed by atoms with Crippen LogP contribution >= 0.6 is 0 Å². The highest BCUT2D eigenvalue weighted by molar-refractivity contribution is 6.02. The molecule has 1 aliphatic heterocycles.